The molecular formula is C27H35NO6. The van der Waals surface area contributed by atoms with Gasteiger partial charge in [-0.1, -0.05) is 25.5 Å². The average molecular weight is 470 g/mol. The van der Waals surface area contributed by atoms with Crippen molar-refractivity contribution in [3.05, 3.63) is 41.7 Å². The Morgan fingerprint density at radius 1 is 1.18 bits per heavy atom. The Labute approximate surface area is 200 Å². The van der Waals surface area contributed by atoms with Crippen LogP contribution in [0.4, 0.5) is 0 Å². The van der Waals surface area contributed by atoms with Crippen molar-refractivity contribution in [1.29, 1.82) is 0 Å². The van der Waals surface area contributed by atoms with Crippen molar-refractivity contribution in [2.24, 2.45) is 22.7 Å². The number of carbonyl (C=O) groups excluding carboxylic acids is 2. The van der Waals surface area contributed by atoms with Crippen molar-refractivity contribution in [2.45, 2.75) is 89.1 Å². The lowest BCUT2D eigenvalue weighted by Gasteiger charge is -2.66. The summed E-state index contributed by atoms with van der Waals surface area (Å²) in [4.78, 5) is 29.9. The van der Waals surface area contributed by atoms with Crippen LogP contribution in [0.25, 0.3) is 0 Å². The number of Topliss-reactive ketones (excluding diaryl/α,β-unsaturated/α-hetero) is 1. The molecule has 0 radical (unpaired) electrons. The van der Waals surface area contributed by atoms with E-state index in [1.165, 1.54) is 13.1 Å². The highest BCUT2D eigenvalue weighted by Crippen LogP contribution is 2.70. The first-order valence-corrected chi connectivity index (χ1v) is 12.4. The number of aliphatic hydroxyl groups is 3. The van der Waals surface area contributed by atoms with Crippen LogP contribution in [-0.4, -0.2) is 55.5 Å². The molecule has 0 amide bonds. The molecule has 7 nitrogen and oxygen atoms in total. The lowest BCUT2D eigenvalue weighted by Crippen LogP contribution is -2.75. The van der Waals surface area contributed by atoms with Gasteiger partial charge in [0.2, 0.25) is 0 Å². The summed E-state index contributed by atoms with van der Waals surface area (Å²) in [6.45, 7) is 5.43. The zero-order valence-electron chi connectivity index (χ0n) is 20.2. The van der Waals surface area contributed by atoms with Crippen molar-refractivity contribution in [3.63, 3.8) is 0 Å². The molecule has 0 spiro atoms. The quantitative estimate of drug-likeness (QED) is 0.460. The molecule has 0 unspecified atom stereocenters. The lowest BCUT2D eigenvalue weighted by atomic mass is 9.43. The third-order valence-corrected chi connectivity index (χ3v) is 10.1. The number of esters is 1. The highest BCUT2D eigenvalue weighted by Gasteiger charge is 2.77. The highest BCUT2D eigenvalue weighted by molar-refractivity contribution is 5.89. The molecule has 0 bridgehead atoms. The molecule has 1 aromatic rings. The van der Waals surface area contributed by atoms with Crippen LogP contribution in [0.2, 0.25) is 0 Å². The average Bonchev–Trinajstić information content (AvgIpc) is 3.10. The molecule has 3 N–H and O–H groups in total. The Morgan fingerprint density at radius 2 is 1.94 bits per heavy atom. The van der Waals surface area contributed by atoms with E-state index in [0.717, 1.165) is 5.57 Å². The Hall–Kier alpha value is -2.09. The number of fused-ring (bicyclic) bond motifs is 5. The predicted octanol–water partition coefficient (Wildman–Crippen LogP) is 2.98. The van der Waals surface area contributed by atoms with Crippen LogP contribution in [0, 0.1) is 22.7 Å². The van der Waals surface area contributed by atoms with Gasteiger partial charge in [-0.05, 0) is 69.4 Å². The molecule has 5 rings (SSSR count). The van der Waals surface area contributed by atoms with Gasteiger partial charge in [-0.15, -0.1) is 0 Å². The fraction of sp³-hybridized carbons (Fsp3) is 0.667. The highest BCUT2D eigenvalue weighted by atomic mass is 16.5. The molecular weight excluding hydrogens is 434 g/mol. The molecule has 0 saturated heterocycles. The second-order valence-electron chi connectivity index (χ2n) is 11.4. The van der Waals surface area contributed by atoms with Gasteiger partial charge in [0.05, 0.1) is 11.7 Å². The van der Waals surface area contributed by atoms with Gasteiger partial charge >= 0.3 is 5.97 Å². The third-order valence-electron chi connectivity index (χ3n) is 10.1. The van der Waals surface area contributed by atoms with Crippen molar-refractivity contribution in [2.75, 3.05) is 0 Å². The first-order valence-electron chi connectivity index (χ1n) is 12.4. The summed E-state index contributed by atoms with van der Waals surface area (Å²) in [6, 6.07) is 3.29. The van der Waals surface area contributed by atoms with E-state index in [1.54, 1.807) is 18.3 Å². The number of pyridine rings is 1. The Morgan fingerprint density at radius 3 is 2.62 bits per heavy atom. The van der Waals surface area contributed by atoms with E-state index < -0.39 is 46.1 Å². The molecule has 7 heteroatoms. The summed E-state index contributed by atoms with van der Waals surface area (Å²) in [5, 5.41) is 35.0. The van der Waals surface area contributed by atoms with Gasteiger partial charge < -0.3 is 20.1 Å². The molecule has 3 saturated carbocycles. The van der Waals surface area contributed by atoms with Crippen LogP contribution in [0.5, 0.6) is 0 Å². The molecule has 0 aromatic carbocycles. The number of nitrogens with zero attached hydrogens (tertiary/aromatic N) is 1. The summed E-state index contributed by atoms with van der Waals surface area (Å²) < 4.78 is 6.11. The van der Waals surface area contributed by atoms with E-state index in [0.29, 0.717) is 37.7 Å². The smallest absolute Gasteiger partial charge is 0.339 e. The van der Waals surface area contributed by atoms with E-state index in [2.05, 4.69) is 11.9 Å². The van der Waals surface area contributed by atoms with Gasteiger partial charge in [0, 0.05) is 29.6 Å². The lowest BCUT2D eigenvalue weighted by molar-refractivity contribution is -0.297. The number of hydrogen-bond donors (Lipinski definition) is 3. The fourth-order valence-corrected chi connectivity index (χ4v) is 8.11. The van der Waals surface area contributed by atoms with Crippen molar-refractivity contribution in [1.82, 2.24) is 4.98 Å². The summed E-state index contributed by atoms with van der Waals surface area (Å²) >= 11 is 0. The monoisotopic (exact) mass is 469 g/mol. The molecule has 1 aromatic heterocycles. The van der Waals surface area contributed by atoms with E-state index in [1.807, 2.05) is 13.0 Å². The number of carbonyl (C=O) groups is 2. The van der Waals surface area contributed by atoms with Crippen LogP contribution >= 0.6 is 0 Å². The van der Waals surface area contributed by atoms with Crippen molar-refractivity contribution in [3.8, 4) is 0 Å². The maximum absolute atomic E-state index is 13.1. The number of aliphatic hydroxyl groups excluding tert-OH is 1. The van der Waals surface area contributed by atoms with Gasteiger partial charge in [-0.3, -0.25) is 9.78 Å². The normalized spacial score (nSPS) is 45.4. The Bertz CT molecular complexity index is 1040. The fourth-order valence-electron chi connectivity index (χ4n) is 8.11. The maximum atomic E-state index is 13.1. The molecule has 3 fully saturated rings. The first kappa shape index (κ1) is 23.6. The number of rotatable bonds is 3. The zero-order chi connectivity index (χ0) is 24.5. The number of aromatic nitrogens is 1. The largest absolute Gasteiger partial charge is 0.458 e. The molecule has 4 aliphatic carbocycles. The summed E-state index contributed by atoms with van der Waals surface area (Å²) in [6.07, 6.45) is 7.01. The molecule has 1 heterocycles. The van der Waals surface area contributed by atoms with E-state index in [9.17, 15) is 24.9 Å². The minimum absolute atomic E-state index is 0.0676. The third kappa shape index (κ3) is 2.96. The van der Waals surface area contributed by atoms with Gasteiger partial charge in [-0.25, -0.2) is 4.79 Å². The SMILES string of the molecule is CC(=O)[C@@H]1CC[C@]2(O)[C@]1(C)[C@H](OC(=O)c1cccnc1)C[C@@H]1[C@@]3(C)CC[C@H](O)CC3=CC[C@]12O. The van der Waals surface area contributed by atoms with E-state index in [-0.39, 0.29) is 24.5 Å². The van der Waals surface area contributed by atoms with Crippen LogP contribution in [0.15, 0.2) is 36.2 Å². The summed E-state index contributed by atoms with van der Waals surface area (Å²) in [5.74, 6) is -1.51. The number of ether oxygens (including phenoxy) is 1. The van der Waals surface area contributed by atoms with E-state index >= 15 is 0 Å². The van der Waals surface area contributed by atoms with Gasteiger partial charge in [-0.2, -0.15) is 0 Å². The molecule has 8 atom stereocenters. The Kier molecular flexibility index (Phi) is 5.36. The Balaban J connectivity index is 1.61. The number of ketones is 1. The number of hydrogen-bond acceptors (Lipinski definition) is 7. The zero-order valence-corrected chi connectivity index (χ0v) is 20.2. The summed E-state index contributed by atoms with van der Waals surface area (Å²) in [7, 11) is 0. The van der Waals surface area contributed by atoms with Crippen LogP contribution < -0.4 is 0 Å². The minimum atomic E-state index is -1.60. The predicted molar refractivity (Wildman–Crippen MR) is 124 cm³/mol. The van der Waals surface area contributed by atoms with Gasteiger partial charge in [0.15, 0.2) is 0 Å². The van der Waals surface area contributed by atoms with Crippen LogP contribution in [0.1, 0.15) is 76.1 Å². The molecule has 184 valence electrons. The van der Waals surface area contributed by atoms with Crippen molar-refractivity contribution < 1.29 is 29.6 Å². The maximum Gasteiger partial charge on any atom is 0.339 e. The first-order chi connectivity index (χ1) is 16.0. The topological polar surface area (TPSA) is 117 Å². The minimum Gasteiger partial charge on any atom is -0.458 e. The molecule has 34 heavy (non-hydrogen) atoms. The molecule has 0 aliphatic heterocycles. The van der Waals surface area contributed by atoms with Crippen LogP contribution in [0.3, 0.4) is 0 Å². The van der Waals surface area contributed by atoms with Crippen LogP contribution in [-0.2, 0) is 9.53 Å². The van der Waals surface area contributed by atoms with Gasteiger partial charge in [0.1, 0.15) is 23.1 Å². The second kappa shape index (κ2) is 7.70. The van der Waals surface area contributed by atoms with Gasteiger partial charge in [0.25, 0.3) is 0 Å². The second-order valence-corrected chi connectivity index (χ2v) is 11.4. The van der Waals surface area contributed by atoms with E-state index in [4.69, 9.17) is 4.74 Å². The standard InChI is InChI=1S/C27H35NO6/c1-16(29)20-8-11-27(33)25(20,3)22(34-23(31)17-5-4-12-28-15-17)14-21-24(2)9-7-19(30)13-18(24)6-10-26(21,27)32/h4-6,12,15,19-22,30,32-33H,7-11,13-14H2,1-3H3/t19-,20-,21+,22+,24-,25-,26-,27-/m0/s1. The molecule has 4 aliphatic rings. The summed E-state index contributed by atoms with van der Waals surface area (Å²) in [5.41, 5.74) is -3.20. The van der Waals surface area contributed by atoms with Crippen molar-refractivity contribution >= 4 is 11.8 Å².